The van der Waals surface area contributed by atoms with Crippen molar-refractivity contribution >= 4 is 66.2 Å². The quantitative estimate of drug-likeness (QED) is 0.0564. The minimum atomic E-state index is -5.01. The van der Waals surface area contributed by atoms with Crippen molar-refractivity contribution in [3.8, 4) is 5.75 Å². The van der Waals surface area contributed by atoms with Crippen molar-refractivity contribution in [3.05, 3.63) is 134 Å². The Kier molecular flexibility index (Phi) is 9.56. The zero-order valence-electron chi connectivity index (χ0n) is 25.3. The lowest BCUT2D eigenvalue weighted by Crippen LogP contribution is -2.48. The molecule has 6 N–H and O–H groups in total. The van der Waals surface area contributed by atoms with Crippen LogP contribution in [0.3, 0.4) is 0 Å². The summed E-state index contributed by atoms with van der Waals surface area (Å²) in [5, 5.41) is 42.2. The minimum Gasteiger partial charge on any atom is -0.501 e. The van der Waals surface area contributed by atoms with Crippen LogP contribution >= 0.6 is 0 Å². The number of anilines is 3. The first-order chi connectivity index (χ1) is 24.3. The molecule has 0 bridgehead atoms. The van der Waals surface area contributed by atoms with E-state index in [0.717, 1.165) is 30.3 Å². The largest absolute Gasteiger partial charge is 0.501 e. The first kappa shape index (κ1) is 36.3. The predicted molar refractivity (Wildman–Crippen MR) is 179 cm³/mol. The second-order valence-corrected chi connectivity index (χ2v) is 13.1. The lowest BCUT2D eigenvalue weighted by molar-refractivity contribution is -0.386. The highest BCUT2D eigenvalue weighted by Crippen LogP contribution is 2.36. The molecule has 0 unspecified atom stereocenters. The first-order valence-electron chi connectivity index (χ1n) is 13.7. The number of nitro groups is 2. The van der Waals surface area contributed by atoms with Crippen LogP contribution in [0, 0.1) is 20.2 Å². The molecular weight excluding hydrogens is 736 g/mol. The maximum atomic E-state index is 13.4. The molecule has 0 saturated heterocycles. The van der Waals surface area contributed by atoms with Gasteiger partial charge in [0.25, 0.3) is 25.9 Å². The van der Waals surface area contributed by atoms with Gasteiger partial charge in [0.2, 0.25) is 22.4 Å². The number of carbonyl (C=O) groups excluding carboxylic acids is 1. The molecule has 4 aromatic carbocycles. The van der Waals surface area contributed by atoms with Crippen molar-refractivity contribution in [1.29, 1.82) is 0 Å². The fourth-order valence-corrected chi connectivity index (χ4v) is 5.61. The number of nitrogens with one attached hydrogen (secondary N) is 3. The number of hydrogen-bond donors (Lipinski definition) is 6. The third-order valence-electron chi connectivity index (χ3n) is 6.91. The third kappa shape index (κ3) is 7.58. The molecule has 0 amide bonds. The van der Waals surface area contributed by atoms with Gasteiger partial charge in [0.05, 0.1) is 21.2 Å². The Morgan fingerprint density at radius 2 is 1.37 bits per heavy atom. The topological polar surface area (TPSA) is 340 Å². The Labute approximate surface area is 287 Å². The van der Waals surface area contributed by atoms with Crippen molar-refractivity contribution in [2.75, 3.05) is 16.3 Å². The lowest BCUT2D eigenvalue weighted by Gasteiger charge is -2.17. The van der Waals surface area contributed by atoms with Crippen LogP contribution in [0.5, 0.6) is 5.75 Å². The van der Waals surface area contributed by atoms with Crippen LogP contribution in [0.4, 0.5) is 28.4 Å². The number of aromatic hydroxyl groups is 1. The average molecular weight is 755 g/mol. The molecule has 5 rings (SSSR count). The second kappa shape index (κ2) is 13.7. The standard InChI is InChI=1S/C28H18N8O14S2/c37-22-8-7-19(28(40)24(22)33-32-20-11-17(51(45,46)47)12-21(27(20)39)36(43)44)31-30-15-2-1-13-9-23(52(48,49)50)25(26(38)18(13)10-15)34-29-14-3-5-16(6-4-14)35(41)42/h1-12,29-30,32,39H,(H,45,46,47)(H,48,49,50)/b31-19-,33-24+,34-25+. The number of allylic oxidation sites excluding steroid dienone is 1. The summed E-state index contributed by atoms with van der Waals surface area (Å²) in [5.41, 5.74) is 1.88. The number of nitrogens with zero attached hydrogens (tertiary/aromatic N) is 5. The van der Waals surface area contributed by atoms with Gasteiger partial charge in [0, 0.05) is 23.8 Å². The minimum absolute atomic E-state index is 0.0337. The van der Waals surface area contributed by atoms with E-state index >= 15 is 0 Å². The molecule has 0 radical (unpaired) electrons. The number of phenols is 1. The summed E-state index contributed by atoms with van der Waals surface area (Å²) in [4.78, 5) is 57.4. The maximum Gasteiger partial charge on any atom is 0.314 e. The number of rotatable bonds is 10. The number of benzene rings is 4. The first-order valence-corrected chi connectivity index (χ1v) is 16.6. The van der Waals surface area contributed by atoms with Gasteiger partial charge in [-0.05, 0) is 54.1 Å². The van der Waals surface area contributed by atoms with E-state index in [9.17, 15) is 65.7 Å². The molecule has 0 aromatic heterocycles. The molecule has 0 aliphatic heterocycles. The van der Waals surface area contributed by atoms with Crippen LogP contribution < -0.4 is 37.8 Å². The molecule has 266 valence electrons. The number of ketones is 1. The zero-order chi connectivity index (χ0) is 38.1. The number of Topliss-reactive ketones (excluding diaryl/α,β-unsaturated/α-hetero) is 1. The van der Waals surface area contributed by atoms with Gasteiger partial charge >= 0.3 is 5.69 Å². The highest BCUT2D eigenvalue weighted by atomic mass is 32.2. The van der Waals surface area contributed by atoms with Crippen LogP contribution in [0.25, 0.3) is 6.08 Å². The normalized spacial score (nSPS) is 14.5. The molecule has 0 saturated carbocycles. The van der Waals surface area contributed by atoms with Gasteiger partial charge in [-0.2, -0.15) is 32.1 Å². The fourth-order valence-electron chi connectivity index (χ4n) is 4.42. The van der Waals surface area contributed by atoms with Crippen molar-refractivity contribution in [3.63, 3.8) is 0 Å². The monoisotopic (exact) mass is 754 g/mol. The van der Waals surface area contributed by atoms with Gasteiger partial charge in [0.15, 0.2) is 11.1 Å². The smallest absolute Gasteiger partial charge is 0.314 e. The molecule has 0 heterocycles. The lowest BCUT2D eigenvalue weighted by atomic mass is 9.94. The van der Waals surface area contributed by atoms with E-state index in [4.69, 9.17) is 0 Å². The van der Waals surface area contributed by atoms with Crippen LogP contribution in [-0.4, -0.2) is 52.4 Å². The molecule has 1 aliphatic rings. The molecule has 0 fully saturated rings. The van der Waals surface area contributed by atoms with E-state index in [2.05, 4.69) is 26.2 Å². The van der Waals surface area contributed by atoms with Gasteiger partial charge in [-0.15, -0.1) is 0 Å². The Hall–Kier alpha value is -7.02. The van der Waals surface area contributed by atoms with Crippen LogP contribution in [0.2, 0.25) is 0 Å². The number of carbonyl (C=O) groups is 1. The summed E-state index contributed by atoms with van der Waals surface area (Å²) in [6, 6.07) is 11.2. The number of non-ortho nitro benzene ring substituents is 1. The molecule has 4 aromatic rings. The van der Waals surface area contributed by atoms with Crippen molar-refractivity contribution < 1.29 is 45.7 Å². The third-order valence-corrected chi connectivity index (χ3v) is 8.61. The summed E-state index contributed by atoms with van der Waals surface area (Å²) in [7, 11) is -10.0. The van der Waals surface area contributed by atoms with E-state index in [1.807, 2.05) is 5.43 Å². The second-order valence-electron chi connectivity index (χ2n) is 10.3. The summed E-state index contributed by atoms with van der Waals surface area (Å²) in [5.74, 6) is -2.13. The van der Waals surface area contributed by atoms with Gasteiger partial charge < -0.3 is 5.11 Å². The number of hydrazone groups is 1. The van der Waals surface area contributed by atoms with Gasteiger partial charge in [-0.25, -0.2) is 0 Å². The SMILES string of the molecule is O=C1/C(=N/Nc2ccc([N+](=O)[O-])cc2)C(S(=O)(=O)O)=Cc2ccc(N/N=c3/ccc(=O)/c(=N\Nc4cc(S(=O)(=O)O)cc([N+](=O)[O-])c4O)c3=O)cc21. The van der Waals surface area contributed by atoms with E-state index in [1.54, 1.807) is 0 Å². The van der Waals surface area contributed by atoms with Crippen LogP contribution in [-0.2, 0) is 20.2 Å². The Morgan fingerprint density at radius 3 is 1.98 bits per heavy atom. The Bertz CT molecular complexity index is 2740. The van der Waals surface area contributed by atoms with Crippen molar-refractivity contribution in [2.24, 2.45) is 15.3 Å². The molecule has 1 aliphatic carbocycles. The Balaban J connectivity index is 1.48. The van der Waals surface area contributed by atoms with Gasteiger partial charge in [0.1, 0.15) is 20.8 Å². The molecule has 52 heavy (non-hydrogen) atoms. The van der Waals surface area contributed by atoms with E-state index in [-0.39, 0.29) is 28.2 Å². The number of phenolic OH excluding ortho intramolecular Hbond substituents is 1. The molecule has 0 spiro atoms. The van der Waals surface area contributed by atoms with Crippen molar-refractivity contribution in [2.45, 2.75) is 4.90 Å². The number of nitro benzene ring substituents is 2. The van der Waals surface area contributed by atoms with Crippen LogP contribution in [0.1, 0.15) is 15.9 Å². The summed E-state index contributed by atoms with van der Waals surface area (Å²) in [6.07, 6.45) is 0.963. The average Bonchev–Trinajstić information content (AvgIpc) is 3.07. The highest BCUT2D eigenvalue weighted by molar-refractivity contribution is 7.91. The van der Waals surface area contributed by atoms with E-state index in [1.165, 1.54) is 30.3 Å². The van der Waals surface area contributed by atoms with Crippen LogP contribution in [0.15, 0.2) is 101 Å². The van der Waals surface area contributed by atoms with Crippen molar-refractivity contribution in [1.82, 2.24) is 0 Å². The Morgan fingerprint density at radius 1 is 0.712 bits per heavy atom. The number of fused-ring (bicyclic) bond motifs is 1. The molecule has 24 heteroatoms. The molecular formula is C28H18N8O14S2. The molecule has 0 atom stereocenters. The fraction of sp³-hybridized carbons (Fsp3) is 0. The van der Waals surface area contributed by atoms with E-state index in [0.29, 0.717) is 12.1 Å². The van der Waals surface area contributed by atoms with Gasteiger partial charge in [-0.1, -0.05) is 6.07 Å². The maximum absolute atomic E-state index is 13.4. The zero-order valence-corrected chi connectivity index (χ0v) is 26.9. The summed E-state index contributed by atoms with van der Waals surface area (Å²) >= 11 is 0. The van der Waals surface area contributed by atoms with E-state index < -0.39 is 90.1 Å². The predicted octanol–water partition coefficient (Wildman–Crippen LogP) is 0.800. The highest BCUT2D eigenvalue weighted by Gasteiger charge is 2.33. The molecule has 22 nitrogen and oxygen atoms in total. The number of hydrogen-bond acceptors (Lipinski definition) is 18. The van der Waals surface area contributed by atoms with Gasteiger partial charge in [-0.3, -0.25) is 60.0 Å². The summed E-state index contributed by atoms with van der Waals surface area (Å²) in [6.45, 7) is 0. The summed E-state index contributed by atoms with van der Waals surface area (Å²) < 4.78 is 66.4.